The van der Waals surface area contributed by atoms with Gasteiger partial charge < -0.3 is 0 Å². The predicted octanol–water partition coefficient (Wildman–Crippen LogP) is 5.42. The molecule has 0 saturated carbocycles. The van der Waals surface area contributed by atoms with Crippen molar-refractivity contribution in [1.82, 2.24) is 4.98 Å². The summed E-state index contributed by atoms with van der Waals surface area (Å²) in [6.45, 7) is 2.19. The molecule has 20 heavy (non-hydrogen) atoms. The highest BCUT2D eigenvalue weighted by Crippen LogP contribution is 2.39. The van der Waals surface area contributed by atoms with E-state index in [1.165, 1.54) is 31.3 Å². The Labute approximate surface area is 121 Å². The van der Waals surface area contributed by atoms with Crippen molar-refractivity contribution >= 4 is 32.2 Å². The summed E-state index contributed by atoms with van der Waals surface area (Å²) >= 11 is 1.83. The Bertz CT molecular complexity index is 916. The SMILES string of the molecule is Cc1c(-c2nccc3ccccc23)sc2ccccc12. The first-order valence-electron chi connectivity index (χ1n) is 6.67. The molecule has 2 heterocycles. The van der Waals surface area contributed by atoms with Crippen molar-refractivity contribution in [1.29, 1.82) is 0 Å². The molecule has 0 aliphatic carbocycles. The van der Waals surface area contributed by atoms with Gasteiger partial charge in [-0.3, -0.25) is 4.98 Å². The Kier molecular flexibility index (Phi) is 2.57. The summed E-state index contributed by atoms with van der Waals surface area (Å²) in [4.78, 5) is 5.92. The highest BCUT2D eigenvalue weighted by Gasteiger charge is 2.13. The molecular weight excluding hydrogens is 262 g/mol. The molecular formula is C18H13NS. The maximum atomic E-state index is 4.64. The smallest absolute Gasteiger partial charge is 0.0883 e. The summed E-state index contributed by atoms with van der Waals surface area (Å²) < 4.78 is 1.33. The van der Waals surface area contributed by atoms with Gasteiger partial charge in [0.25, 0.3) is 0 Å². The molecule has 0 unspecified atom stereocenters. The van der Waals surface area contributed by atoms with Crippen molar-refractivity contribution in [3.63, 3.8) is 0 Å². The fourth-order valence-electron chi connectivity index (χ4n) is 2.70. The normalized spacial score (nSPS) is 11.2. The van der Waals surface area contributed by atoms with Crippen molar-refractivity contribution < 1.29 is 0 Å². The lowest BCUT2D eigenvalue weighted by Gasteiger charge is -2.04. The van der Waals surface area contributed by atoms with Crippen LogP contribution < -0.4 is 0 Å². The number of pyridine rings is 1. The maximum absolute atomic E-state index is 4.64. The lowest BCUT2D eigenvalue weighted by atomic mass is 10.1. The minimum atomic E-state index is 1.10. The number of hydrogen-bond donors (Lipinski definition) is 0. The summed E-state index contributed by atoms with van der Waals surface area (Å²) in [5.74, 6) is 0. The van der Waals surface area contributed by atoms with Gasteiger partial charge in [-0.1, -0.05) is 42.5 Å². The molecule has 4 rings (SSSR count). The van der Waals surface area contributed by atoms with E-state index in [4.69, 9.17) is 0 Å². The molecule has 0 radical (unpaired) electrons. The molecule has 0 aliphatic heterocycles. The highest BCUT2D eigenvalue weighted by atomic mass is 32.1. The van der Waals surface area contributed by atoms with Gasteiger partial charge >= 0.3 is 0 Å². The number of aryl methyl sites for hydroxylation is 1. The second-order valence-electron chi connectivity index (χ2n) is 4.93. The van der Waals surface area contributed by atoms with Crippen LogP contribution >= 0.6 is 11.3 Å². The molecule has 0 atom stereocenters. The molecule has 0 spiro atoms. The predicted molar refractivity (Wildman–Crippen MR) is 87.3 cm³/mol. The highest BCUT2D eigenvalue weighted by molar-refractivity contribution is 7.22. The van der Waals surface area contributed by atoms with Gasteiger partial charge in [0.1, 0.15) is 0 Å². The van der Waals surface area contributed by atoms with E-state index in [1.54, 1.807) is 0 Å². The molecule has 0 fully saturated rings. The van der Waals surface area contributed by atoms with Gasteiger partial charge in [0.15, 0.2) is 0 Å². The van der Waals surface area contributed by atoms with Gasteiger partial charge in [-0.05, 0) is 35.4 Å². The average Bonchev–Trinajstić information content (AvgIpc) is 2.84. The first-order chi connectivity index (χ1) is 9.84. The van der Waals surface area contributed by atoms with Crippen LogP contribution in [0.1, 0.15) is 5.56 Å². The van der Waals surface area contributed by atoms with Gasteiger partial charge in [-0.2, -0.15) is 0 Å². The van der Waals surface area contributed by atoms with Crippen molar-refractivity contribution in [2.75, 3.05) is 0 Å². The van der Waals surface area contributed by atoms with E-state index in [1.807, 2.05) is 17.5 Å². The zero-order chi connectivity index (χ0) is 13.5. The Hall–Kier alpha value is -2.19. The molecule has 1 nitrogen and oxygen atoms in total. The van der Waals surface area contributed by atoms with Crippen molar-refractivity contribution in [2.45, 2.75) is 6.92 Å². The van der Waals surface area contributed by atoms with Crippen molar-refractivity contribution in [3.05, 3.63) is 66.4 Å². The van der Waals surface area contributed by atoms with Crippen LogP contribution in [0, 0.1) is 6.92 Å². The molecule has 0 N–H and O–H groups in total. The molecule has 0 bridgehead atoms. The van der Waals surface area contributed by atoms with Crippen molar-refractivity contribution in [2.24, 2.45) is 0 Å². The number of fused-ring (bicyclic) bond motifs is 2. The molecule has 0 saturated heterocycles. The van der Waals surface area contributed by atoms with Gasteiger partial charge in [0, 0.05) is 16.3 Å². The van der Waals surface area contributed by atoms with Crippen LogP contribution in [0.5, 0.6) is 0 Å². The van der Waals surface area contributed by atoms with Crippen molar-refractivity contribution in [3.8, 4) is 10.6 Å². The number of rotatable bonds is 1. The largest absolute Gasteiger partial charge is 0.255 e. The lowest BCUT2D eigenvalue weighted by Crippen LogP contribution is -1.84. The average molecular weight is 275 g/mol. The monoisotopic (exact) mass is 275 g/mol. The van der Waals surface area contributed by atoms with E-state index in [0.29, 0.717) is 0 Å². The summed E-state index contributed by atoms with van der Waals surface area (Å²) in [6.07, 6.45) is 1.90. The lowest BCUT2D eigenvalue weighted by molar-refractivity contribution is 1.36. The summed E-state index contributed by atoms with van der Waals surface area (Å²) in [5.41, 5.74) is 2.43. The van der Waals surface area contributed by atoms with Crippen LogP contribution in [-0.4, -0.2) is 4.98 Å². The van der Waals surface area contributed by atoms with E-state index >= 15 is 0 Å². The van der Waals surface area contributed by atoms with Crippen LogP contribution in [0.15, 0.2) is 60.8 Å². The number of thiophene rings is 1. The molecule has 2 aromatic heterocycles. The van der Waals surface area contributed by atoms with Crippen LogP contribution in [-0.2, 0) is 0 Å². The first kappa shape index (κ1) is 11.6. The van der Waals surface area contributed by atoms with Crippen LogP contribution in [0.2, 0.25) is 0 Å². The van der Waals surface area contributed by atoms with E-state index in [9.17, 15) is 0 Å². The second kappa shape index (κ2) is 4.43. The van der Waals surface area contributed by atoms with E-state index in [0.717, 1.165) is 5.69 Å². The number of nitrogens with zero attached hydrogens (tertiary/aromatic N) is 1. The van der Waals surface area contributed by atoms with Gasteiger partial charge in [0.2, 0.25) is 0 Å². The number of hydrogen-bond acceptors (Lipinski definition) is 2. The van der Waals surface area contributed by atoms with E-state index < -0.39 is 0 Å². The summed E-state index contributed by atoms with van der Waals surface area (Å²) in [6, 6.07) is 19.1. The molecule has 0 aliphatic rings. The minimum Gasteiger partial charge on any atom is -0.255 e. The van der Waals surface area contributed by atoms with Gasteiger partial charge in [-0.25, -0.2) is 0 Å². The number of aromatic nitrogens is 1. The molecule has 4 aromatic rings. The topological polar surface area (TPSA) is 12.9 Å². The van der Waals surface area contributed by atoms with Crippen LogP contribution in [0.25, 0.3) is 31.4 Å². The zero-order valence-corrected chi connectivity index (χ0v) is 11.9. The van der Waals surface area contributed by atoms with Crippen LogP contribution in [0.3, 0.4) is 0 Å². The Morgan fingerprint density at radius 3 is 2.45 bits per heavy atom. The Balaban J connectivity index is 2.09. The Morgan fingerprint density at radius 2 is 1.60 bits per heavy atom. The Morgan fingerprint density at radius 1 is 0.850 bits per heavy atom. The van der Waals surface area contributed by atoms with Gasteiger partial charge in [0.05, 0.1) is 10.6 Å². The van der Waals surface area contributed by atoms with E-state index in [2.05, 4.69) is 66.5 Å². The standard InChI is InChI=1S/C18H13NS/c1-12-14-7-4-5-9-16(14)20-18(12)17-15-8-3-2-6-13(15)10-11-19-17/h2-11H,1H3. The van der Waals surface area contributed by atoms with E-state index in [-0.39, 0.29) is 0 Å². The number of benzene rings is 2. The molecule has 96 valence electrons. The van der Waals surface area contributed by atoms with Gasteiger partial charge in [-0.15, -0.1) is 11.3 Å². The summed E-state index contributed by atoms with van der Waals surface area (Å²) in [5, 5.41) is 3.81. The second-order valence-corrected chi connectivity index (χ2v) is 5.99. The molecule has 2 aromatic carbocycles. The molecule has 2 heteroatoms. The zero-order valence-electron chi connectivity index (χ0n) is 11.1. The first-order valence-corrected chi connectivity index (χ1v) is 7.48. The third-order valence-electron chi connectivity index (χ3n) is 3.73. The summed E-state index contributed by atoms with van der Waals surface area (Å²) in [7, 11) is 0. The fraction of sp³-hybridized carbons (Fsp3) is 0.0556. The van der Waals surface area contributed by atoms with Crippen LogP contribution in [0.4, 0.5) is 0 Å². The molecule has 0 amide bonds. The fourth-order valence-corrected chi connectivity index (χ4v) is 3.92. The minimum absolute atomic E-state index is 1.10. The third-order valence-corrected chi connectivity index (χ3v) is 5.01. The third kappa shape index (κ3) is 1.65. The quantitative estimate of drug-likeness (QED) is 0.451. The maximum Gasteiger partial charge on any atom is 0.0883 e.